The molecule has 0 fully saturated rings. The van der Waals surface area contributed by atoms with Gasteiger partial charge in [-0.15, -0.1) is 0 Å². The van der Waals surface area contributed by atoms with Crippen molar-refractivity contribution in [2.75, 3.05) is 10.8 Å². The minimum atomic E-state index is -4.06. The molecular weight excluding hydrogens is 466 g/mol. The third kappa shape index (κ3) is 5.68. The molecule has 0 aliphatic heterocycles. The van der Waals surface area contributed by atoms with Crippen molar-refractivity contribution in [3.05, 3.63) is 98.6 Å². The predicted molar refractivity (Wildman–Crippen MR) is 127 cm³/mol. The standard InChI is InChI=1S/C23H22ClN3O5S/c1-16-6-12-20(13-7-16)33(31,32)26(22-5-3-4-21(24)17(22)2)15-23(28)25-14-18-8-10-19(11-9-18)27(29)30/h3-13H,14-15H2,1-2H3,(H,25,28). The molecule has 8 nitrogen and oxygen atoms in total. The highest BCUT2D eigenvalue weighted by Gasteiger charge is 2.28. The summed E-state index contributed by atoms with van der Waals surface area (Å²) >= 11 is 6.22. The van der Waals surface area contributed by atoms with Gasteiger partial charge in [0.15, 0.2) is 0 Å². The molecule has 3 aromatic carbocycles. The fourth-order valence-corrected chi connectivity index (χ4v) is 4.77. The Kier molecular flexibility index (Phi) is 7.35. The zero-order chi connectivity index (χ0) is 24.2. The van der Waals surface area contributed by atoms with Gasteiger partial charge in [-0.1, -0.05) is 47.5 Å². The summed E-state index contributed by atoms with van der Waals surface area (Å²) in [4.78, 5) is 23.1. The number of sulfonamides is 1. The van der Waals surface area contributed by atoms with E-state index in [1.54, 1.807) is 37.3 Å². The van der Waals surface area contributed by atoms with E-state index in [1.807, 2.05) is 6.92 Å². The van der Waals surface area contributed by atoms with E-state index >= 15 is 0 Å². The van der Waals surface area contributed by atoms with Gasteiger partial charge >= 0.3 is 0 Å². The first-order valence-electron chi connectivity index (χ1n) is 9.94. The predicted octanol–water partition coefficient (Wildman–Crippen LogP) is 4.38. The summed E-state index contributed by atoms with van der Waals surface area (Å²) in [6.07, 6.45) is 0. The Labute approximate surface area is 197 Å². The molecule has 0 aliphatic carbocycles. The maximum Gasteiger partial charge on any atom is 0.269 e. The van der Waals surface area contributed by atoms with Crippen LogP contribution in [0.5, 0.6) is 0 Å². The first-order chi connectivity index (χ1) is 15.6. The smallest absolute Gasteiger partial charge is 0.269 e. The number of hydrogen-bond acceptors (Lipinski definition) is 5. The third-order valence-electron chi connectivity index (χ3n) is 5.04. The van der Waals surface area contributed by atoms with E-state index < -0.39 is 27.4 Å². The number of hydrogen-bond donors (Lipinski definition) is 1. The first kappa shape index (κ1) is 24.2. The molecule has 0 atom stereocenters. The van der Waals surface area contributed by atoms with Gasteiger partial charge in [-0.3, -0.25) is 19.2 Å². The van der Waals surface area contributed by atoms with Gasteiger partial charge in [0.25, 0.3) is 15.7 Å². The van der Waals surface area contributed by atoms with Crippen LogP contribution in [0, 0.1) is 24.0 Å². The second kappa shape index (κ2) is 10.0. The molecule has 1 N–H and O–H groups in total. The molecule has 1 amide bonds. The van der Waals surface area contributed by atoms with Crippen molar-refractivity contribution in [2.45, 2.75) is 25.3 Å². The average molecular weight is 488 g/mol. The number of carbonyl (C=O) groups is 1. The summed E-state index contributed by atoms with van der Waals surface area (Å²) in [7, 11) is -4.06. The highest BCUT2D eigenvalue weighted by molar-refractivity contribution is 7.92. The zero-order valence-corrected chi connectivity index (χ0v) is 19.6. The summed E-state index contributed by atoms with van der Waals surface area (Å²) in [5.41, 5.74) is 2.31. The van der Waals surface area contributed by atoms with E-state index in [9.17, 15) is 23.3 Å². The number of amides is 1. The van der Waals surface area contributed by atoms with Crippen LogP contribution in [0.2, 0.25) is 5.02 Å². The van der Waals surface area contributed by atoms with Crippen molar-refractivity contribution in [3.63, 3.8) is 0 Å². The Morgan fingerprint density at radius 3 is 2.27 bits per heavy atom. The van der Waals surface area contributed by atoms with Crippen molar-refractivity contribution in [1.29, 1.82) is 0 Å². The quantitative estimate of drug-likeness (QED) is 0.374. The highest BCUT2D eigenvalue weighted by Crippen LogP contribution is 2.30. The molecule has 3 rings (SSSR count). The topological polar surface area (TPSA) is 110 Å². The second-order valence-corrected chi connectivity index (χ2v) is 9.68. The van der Waals surface area contributed by atoms with Gasteiger partial charge in [0, 0.05) is 23.7 Å². The van der Waals surface area contributed by atoms with Crippen LogP contribution >= 0.6 is 11.6 Å². The monoisotopic (exact) mass is 487 g/mol. The number of aryl methyl sites for hydroxylation is 1. The van der Waals surface area contributed by atoms with Crippen LogP contribution in [-0.2, 0) is 21.4 Å². The van der Waals surface area contributed by atoms with E-state index in [0.29, 0.717) is 21.8 Å². The van der Waals surface area contributed by atoms with Gasteiger partial charge in [-0.25, -0.2) is 8.42 Å². The molecule has 172 valence electrons. The van der Waals surface area contributed by atoms with E-state index in [0.717, 1.165) is 9.87 Å². The molecule has 0 aromatic heterocycles. The van der Waals surface area contributed by atoms with Crippen LogP contribution < -0.4 is 9.62 Å². The van der Waals surface area contributed by atoms with Crippen molar-refractivity contribution in [2.24, 2.45) is 0 Å². The number of benzene rings is 3. The van der Waals surface area contributed by atoms with Gasteiger partial charge in [0.2, 0.25) is 5.91 Å². The van der Waals surface area contributed by atoms with Crippen LogP contribution in [0.3, 0.4) is 0 Å². The molecule has 0 unspecified atom stereocenters. The van der Waals surface area contributed by atoms with Crippen LogP contribution in [0.1, 0.15) is 16.7 Å². The summed E-state index contributed by atoms with van der Waals surface area (Å²) in [6, 6.07) is 16.9. The maximum absolute atomic E-state index is 13.5. The van der Waals surface area contributed by atoms with Crippen LogP contribution in [0.15, 0.2) is 71.6 Å². The van der Waals surface area contributed by atoms with Gasteiger partial charge in [-0.2, -0.15) is 0 Å². The van der Waals surface area contributed by atoms with E-state index in [-0.39, 0.29) is 17.1 Å². The summed E-state index contributed by atoms with van der Waals surface area (Å²) in [5.74, 6) is -0.539. The average Bonchev–Trinajstić information content (AvgIpc) is 2.78. The van der Waals surface area contributed by atoms with E-state index in [2.05, 4.69) is 5.32 Å². The molecule has 0 saturated carbocycles. The number of halogens is 1. The third-order valence-corrected chi connectivity index (χ3v) is 7.22. The molecule has 0 bridgehead atoms. The van der Waals surface area contributed by atoms with Crippen molar-refractivity contribution >= 4 is 38.9 Å². The fraction of sp³-hybridized carbons (Fsp3) is 0.174. The normalized spacial score (nSPS) is 11.1. The second-order valence-electron chi connectivity index (χ2n) is 7.41. The molecule has 0 aliphatic rings. The Balaban J connectivity index is 1.86. The fourth-order valence-electron chi connectivity index (χ4n) is 3.13. The molecule has 0 saturated heterocycles. The lowest BCUT2D eigenvalue weighted by atomic mass is 10.2. The lowest BCUT2D eigenvalue weighted by Crippen LogP contribution is -2.41. The van der Waals surface area contributed by atoms with Gasteiger partial charge in [0.05, 0.1) is 15.5 Å². The van der Waals surface area contributed by atoms with Crippen molar-refractivity contribution < 1.29 is 18.1 Å². The highest BCUT2D eigenvalue weighted by atomic mass is 35.5. The lowest BCUT2D eigenvalue weighted by Gasteiger charge is -2.26. The number of non-ortho nitro benzene ring substituents is 1. The molecule has 33 heavy (non-hydrogen) atoms. The SMILES string of the molecule is Cc1ccc(S(=O)(=O)N(CC(=O)NCc2ccc([N+](=O)[O-])cc2)c2cccc(Cl)c2C)cc1. The molecule has 0 radical (unpaired) electrons. The number of rotatable bonds is 8. The number of nitrogens with zero attached hydrogens (tertiary/aromatic N) is 2. The number of carbonyl (C=O) groups excluding carboxylic acids is 1. The maximum atomic E-state index is 13.5. The van der Waals surface area contributed by atoms with Crippen molar-refractivity contribution in [3.8, 4) is 0 Å². The van der Waals surface area contributed by atoms with Crippen LogP contribution in [0.4, 0.5) is 11.4 Å². The molecule has 3 aromatic rings. The van der Waals surface area contributed by atoms with E-state index in [1.165, 1.54) is 36.4 Å². The van der Waals surface area contributed by atoms with Crippen molar-refractivity contribution in [1.82, 2.24) is 5.32 Å². The molecular formula is C23H22ClN3O5S. The van der Waals surface area contributed by atoms with E-state index in [4.69, 9.17) is 11.6 Å². The number of anilines is 1. The summed E-state index contributed by atoms with van der Waals surface area (Å²) in [5, 5.41) is 13.8. The largest absolute Gasteiger partial charge is 0.350 e. The Morgan fingerprint density at radius 1 is 1.03 bits per heavy atom. The molecule has 0 spiro atoms. The lowest BCUT2D eigenvalue weighted by molar-refractivity contribution is -0.384. The number of nitro benzene ring substituents is 1. The summed E-state index contributed by atoms with van der Waals surface area (Å²) < 4.78 is 27.9. The first-order valence-corrected chi connectivity index (χ1v) is 11.8. The van der Waals surface area contributed by atoms with Crippen LogP contribution in [0.25, 0.3) is 0 Å². The van der Waals surface area contributed by atoms with Gasteiger partial charge in [-0.05, 0) is 49.2 Å². The summed E-state index contributed by atoms with van der Waals surface area (Å²) in [6.45, 7) is 3.15. The minimum absolute atomic E-state index is 0.0515. The number of nitrogens with one attached hydrogen (secondary N) is 1. The van der Waals surface area contributed by atoms with Gasteiger partial charge < -0.3 is 5.32 Å². The molecule has 0 heterocycles. The van der Waals surface area contributed by atoms with Crippen LogP contribution in [-0.4, -0.2) is 25.8 Å². The molecule has 10 heteroatoms. The number of nitro groups is 1. The Morgan fingerprint density at radius 2 is 1.67 bits per heavy atom. The Bertz CT molecular complexity index is 1280. The minimum Gasteiger partial charge on any atom is -0.350 e. The zero-order valence-electron chi connectivity index (χ0n) is 18.0. The van der Waals surface area contributed by atoms with Gasteiger partial charge in [0.1, 0.15) is 6.54 Å². The Hall–Kier alpha value is -3.43.